The number of benzene rings is 2. The molecule has 3 rings (SSSR count). The number of carbonyl (C=O) groups excluding carboxylic acids is 2. The van der Waals surface area contributed by atoms with Crippen molar-refractivity contribution in [3.05, 3.63) is 71.3 Å². The minimum absolute atomic E-state index is 0.109. The Morgan fingerprint density at radius 1 is 1.12 bits per heavy atom. The summed E-state index contributed by atoms with van der Waals surface area (Å²) in [6, 6.07) is 17.8. The molecule has 1 fully saturated rings. The van der Waals surface area contributed by atoms with Crippen molar-refractivity contribution in [2.75, 3.05) is 19.6 Å². The predicted molar refractivity (Wildman–Crippen MR) is 103 cm³/mol. The highest BCUT2D eigenvalue weighted by Crippen LogP contribution is 2.21. The van der Waals surface area contributed by atoms with Crippen LogP contribution in [0.3, 0.4) is 0 Å². The lowest BCUT2D eigenvalue weighted by atomic mass is 10.0. The first-order valence-corrected chi connectivity index (χ1v) is 9.23. The van der Waals surface area contributed by atoms with E-state index in [0.717, 1.165) is 31.6 Å². The zero-order chi connectivity index (χ0) is 18.4. The van der Waals surface area contributed by atoms with Gasteiger partial charge in [-0.05, 0) is 43.5 Å². The Morgan fingerprint density at radius 3 is 2.69 bits per heavy atom. The maximum Gasteiger partial charge on any atom is 0.251 e. The number of nitrogens with zero attached hydrogens (tertiary/aromatic N) is 1. The minimum atomic E-state index is -0.181. The molecule has 0 radical (unpaired) electrons. The van der Waals surface area contributed by atoms with Crippen LogP contribution in [0.25, 0.3) is 0 Å². The molecular formula is C22H26N2O2. The summed E-state index contributed by atoms with van der Waals surface area (Å²) in [7, 11) is 0. The Kier molecular flexibility index (Phi) is 6.18. The highest BCUT2D eigenvalue weighted by molar-refractivity contribution is 5.96. The van der Waals surface area contributed by atoms with Gasteiger partial charge in [0, 0.05) is 25.1 Å². The van der Waals surface area contributed by atoms with Crippen molar-refractivity contribution in [3.8, 4) is 0 Å². The monoisotopic (exact) mass is 350 g/mol. The maximum atomic E-state index is 12.2. The van der Waals surface area contributed by atoms with E-state index in [4.69, 9.17) is 0 Å². The van der Waals surface area contributed by atoms with Crippen molar-refractivity contribution < 1.29 is 9.59 Å². The van der Waals surface area contributed by atoms with Crippen LogP contribution in [0.1, 0.15) is 34.3 Å². The van der Waals surface area contributed by atoms with Crippen LogP contribution >= 0.6 is 0 Å². The summed E-state index contributed by atoms with van der Waals surface area (Å²) in [5, 5.41) is 2.75. The van der Waals surface area contributed by atoms with Gasteiger partial charge in [-0.3, -0.25) is 14.5 Å². The van der Waals surface area contributed by atoms with Gasteiger partial charge in [-0.15, -0.1) is 0 Å². The second-order valence-corrected chi connectivity index (χ2v) is 7.17. The molecule has 136 valence electrons. The average Bonchev–Trinajstić information content (AvgIpc) is 3.07. The number of carbonyl (C=O) groups is 2. The number of likely N-dealkylation sites (tertiary alicyclic amines) is 1. The van der Waals surface area contributed by atoms with Crippen molar-refractivity contribution in [1.29, 1.82) is 0 Å². The zero-order valence-electron chi connectivity index (χ0n) is 15.3. The van der Waals surface area contributed by atoms with Gasteiger partial charge < -0.3 is 5.32 Å². The third-order valence-electron chi connectivity index (χ3n) is 4.86. The van der Waals surface area contributed by atoms with Crippen LogP contribution in [-0.4, -0.2) is 36.2 Å². The number of hydrogen-bond donors (Lipinski definition) is 1. The lowest BCUT2D eigenvalue weighted by Gasteiger charge is -2.16. The van der Waals surface area contributed by atoms with Gasteiger partial charge in [0.2, 0.25) is 0 Å². The summed E-state index contributed by atoms with van der Waals surface area (Å²) in [5.41, 5.74) is 2.95. The van der Waals surface area contributed by atoms with Crippen molar-refractivity contribution in [2.45, 2.75) is 26.3 Å². The SMILES string of the molecule is Cc1cccc(C(=O)NCC(=O)C[C@@H]2CCN(Cc3ccccc3)C2)c1. The molecule has 4 nitrogen and oxygen atoms in total. The van der Waals surface area contributed by atoms with Gasteiger partial charge in [-0.2, -0.15) is 0 Å². The average molecular weight is 350 g/mol. The molecule has 1 saturated heterocycles. The first kappa shape index (κ1) is 18.3. The second-order valence-electron chi connectivity index (χ2n) is 7.17. The molecule has 1 amide bonds. The van der Waals surface area contributed by atoms with Gasteiger partial charge in [0.05, 0.1) is 6.54 Å². The number of hydrogen-bond acceptors (Lipinski definition) is 3. The number of amides is 1. The maximum absolute atomic E-state index is 12.2. The summed E-state index contributed by atoms with van der Waals surface area (Å²) < 4.78 is 0. The van der Waals surface area contributed by atoms with Gasteiger partial charge in [0.1, 0.15) is 0 Å². The second kappa shape index (κ2) is 8.77. The van der Waals surface area contributed by atoms with E-state index in [9.17, 15) is 9.59 Å². The van der Waals surface area contributed by atoms with Crippen LogP contribution in [0, 0.1) is 12.8 Å². The van der Waals surface area contributed by atoms with E-state index in [2.05, 4.69) is 34.5 Å². The van der Waals surface area contributed by atoms with Crippen LogP contribution in [0.4, 0.5) is 0 Å². The molecular weight excluding hydrogens is 324 g/mol. The largest absolute Gasteiger partial charge is 0.345 e. The number of rotatable bonds is 7. The summed E-state index contributed by atoms with van der Waals surface area (Å²) >= 11 is 0. The van der Waals surface area contributed by atoms with E-state index in [1.165, 1.54) is 5.56 Å². The molecule has 2 aromatic carbocycles. The van der Waals surface area contributed by atoms with Crippen LogP contribution in [0.15, 0.2) is 54.6 Å². The molecule has 0 spiro atoms. The highest BCUT2D eigenvalue weighted by Gasteiger charge is 2.24. The summed E-state index contributed by atoms with van der Waals surface area (Å²) in [4.78, 5) is 26.8. The molecule has 0 aliphatic carbocycles. The minimum Gasteiger partial charge on any atom is -0.345 e. The van der Waals surface area contributed by atoms with Crippen molar-refractivity contribution >= 4 is 11.7 Å². The molecule has 1 heterocycles. The molecule has 1 aliphatic heterocycles. The summed E-state index contributed by atoms with van der Waals surface area (Å²) in [6.45, 7) is 4.98. The van der Waals surface area contributed by atoms with Crippen molar-refractivity contribution in [3.63, 3.8) is 0 Å². The Balaban J connectivity index is 1.40. The van der Waals surface area contributed by atoms with Gasteiger partial charge in [0.25, 0.3) is 5.91 Å². The van der Waals surface area contributed by atoms with Crippen LogP contribution in [0.2, 0.25) is 0 Å². The first-order valence-electron chi connectivity index (χ1n) is 9.23. The van der Waals surface area contributed by atoms with E-state index in [1.807, 2.05) is 31.2 Å². The molecule has 2 aromatic rings. The Morgan fingerprint density at radius 2 is 1.92 bits per heavy atom. The van der Waals surface area contributed by atoms with Crippen LogP contribution in [-0.2, 0) is 11.3 Å². The molecule has 0 saturated carbocycles. The molecule has 26 heavy (non-hydrogen) atoms. The van der Waals surface area contributed by atoms with E-state index < -0.39 is 0 Å². The van der Waals surface area contributed by atoms with E-state index in [0.29, 0.717) is 17.9 Å². The third kappa shape index (κ3) is 5.27. The van der Waals surface area contributed by atoms with Crippen LogP contribution < -0.4 is 5.32 Å². The highest BCUT2D eigenvalue weighted by atomic mass is 16.2. The predicted octanol–water partition coefficient (Wildman–Crippen LogP) is 3.21. The number of Topliss-reactive ketones (excluding diaryl/α,β-unsaturated/α-hetero) is 1. The van der Waals surface area contributed by atoms with Crippen molar-refractivity contribution in [2.24, 2.45) is 5.92 Å². The van der Waals surface area contributed by atoms with Gasteiger partial charge in [0.15, 0.2) is 5.78 Å². The molecule has 0 bridgehead atoms. The molecule has 1 aliphatic rings. The Labute approximate surface area is 155 Å². The van der Waals surface area contributed by atoms with Gasteiger partial charge in [-0.25, -0.2) is 0 Å². The fourth-order valence-corrected chi connectivity index (χ4v) is 3.53. The molecule has 0 unspecified atom stereocenters. The van der Waals surface area contributed by atoms with E-state index in [-0.39, 0.29) is 18.2 Å². The molecule has 4 heteroatoms. The Bertz CT molecular complexity index is 758. The zero-order valence-corrected chi connectivity index (χ0v) is 15.3. The standard InChI is InChI=1S/C22H26N2O2/c1-17-6-5-9-20(12-17)22(26)23-14-21(25)13-19-10-11-24(16-19)15-18-7-3-2-4-8-18/h2-9,12,19H,10-11,13-16H2,1H3,(H,23,26)/t19-/m0/s1. The molecule has 0 aromatic heterocycles. The number of aryl methyl sites for hydroxylation is 1. The smallest absolute Gasteiger partial charge is 0.251 e. The van der Waals surface area contributed by atoms with Crippen molar-refractivity contribution in [1.82, 2.24) is 10.2 Å². The summed E-state index contributed by atoms with van der Waals surface area (Å²) in [5.74, 6) is 0.318. The fraction of sp³-hybridized carbons (Fsp3) is 0.364. The fourth-order valence-electron chi connectivity index (χ4n) is 3.53. The van der Waals surface area contributed by atoms with Gasteiger partial charge >= 0.3 is 0 Å². The third-order valence-corrected chi connectivity index (χ3v) is 4.86. The number of nitrogens with one attached hydrogen (secondary N) is 1. The van der Waals surface area contributed by atoms with Crippen LogP contribution in [0.5, 0.6) is 0 Å². The lowest BCUT2D eigenvalue weighted by molar-refractivity contribution is -0.118. The molecule has 1 N–H and O–H groups in total. The topological polar surface area (TPSA) is 49.4 Å². The summed E-state index contributed by atoms with van der Waals surface area (Å²) in [6.07, 6.45) is 1.59. The Hall–Kier alpha value is -2.46. The quantitative estimate of drug-likeness (QED) is 0.834. The number of ketones is 1. The normalized spacial score (nSPS) is 17.2. The van der Waals surface area contributed by atoms with E-state index >= 15 is 0 Å². The van der Waals surface area contributed by atoms with Gasteiger partial charge in [-0.1, -0.05) is 48.0 Å². The van der Waals surface area contributed by atoms with E-state index in [1.54, 1.807) is 6.07 Å². The lowest BCUT2D eigenvalue weighted by Crippen LogP contribution is -2.30. The molecule has 1 atom stereocenters. The first-order chi connectivity index (χ1) is 12.6.